The van der Waals surface area contributed by atoms with Crippen molar-refractivity contribution >= 4 is 57.9 Å². The van der Waals surface area contributed by atoms with Gasteiger partial charge in [0.1, 0.15) is 0 Å². The largest absolute Gasteiger partial charge is 0 e. The Morgan fingerprint density at radius 2 is 1.14 bits per heavy atom. The van der Waals surface area contributed by atoms with Crippen LogP contribution in [-0.4, -0.2) is 37.7 Å². The first-order valence-electron chi connectivity index (χ1n) is 0.228. The molecule has 0 N–H and O–H groups in total. The van der Waals surface area contributed by atoms with Crippen LogP contribution in [0.15, 0.2) is 0 Å². The molecule has 0 aliphatic rings. The molecule has 0 spiro atoms. The third-order valence-corrected chi connectivity index (χ3v) is 0. The molecule has 0 unspecified atom stereocenters. The Morgan fingerprint density at radius 1 is 1.14 bits per heavy atom. The first-order valence-corrected chi connectivity index (χ1v) is 2.82. The quantitative estimate of drug-likeness (QED) is 0.554. The van der Waals surface area contributed by atoms with Gasteiger partial charge in [-0.3, -0.25) is 0 Å². The Kier molecular flexibility index (Phi) is 141. The summed E-state index contributed by atoms with van der Waals surface area (Å²) in [6, 6.07) is 0. The van der Waals surface area contributed by atoms with Gasteiger partial charge in [0.25, 0.3) is 0 Å². The van der Waals surface area contributed by atoms with E-state index in [1.54, 1.807) is 0 Å². The summed E-state index contributed by atoms with van der Waals surface area (Å²) in [5, 5.41) is 0. The van der Waals surface area contributed by atoms with Crippen molar-refractivity contribution < 1.29 is 66.5 Å². The molecule has 0 nitrogen and oxygen atoms in total. The molecule has 0 bridgehead atoms. The Bertz CT molecular complexity index is 17.7. The van der Waals surface area contributed by atoms with Crippen LogP contribution in [0.2, 0.25) is 0 Å². The zero-order valence-corrected chi connectivity index (χ0v) is 10.1. The molecule has 0 heterocycles. The second-order valence-electron chi connectivity index (χ2n) is 0.0431. The molecular formula is H2CaCl2CoCuMnZn. The van der Waals surface area contributed by atoms with Crippen LogP contribution < -0.4 is 0 Å². The Labute approximate surface area is 122 Å². The minimum Gasteiger partial charge on any atom is 0 e. The second kappa shape index (κ2) is 32.4. The van der Waals surface area contributed by atoms with Gasteiger partial charge in [-0.05, 0) is 0 Å². The van der Waals surface area contributed by atoms with Crippen LogP contribution in [0.5, 0.6) is 0 Å². The zero-order chi connectivity index (χ0) is 2.71. The van der Waals surface area contributed by atoms with Crippen molar-refractivity contribution in [1.29, 1.82) is 0 Å². The van der Waals surface area contributed by atoms with Gasteiger partial charge in [0.2, 0.25) is 0 Å². The molecule has 0 fully saturated rings. The molecule has 0 saturated carbocycles. The van der Waals surface area contributed by atoms with Crippen molar-refractivity contribution in [3.05, 3.63) is 0 Å². The van der Waals surface area contributed by atoms with E-state index in [1.165, 1.54) is 0 Å². The van der Waals surface area contributed by atoms with E-state index in [-0.39, 0.29) is 91.1 Å². The standard InChI is InChI=1S/Ca.2ClH.Co.Cu.Mn.Zn.2H/h;2*1H;;;;;;/q;;;;+2;;;;/p-2. The Balaban J connectivity index is -0.00000000333. The van der Waals surface area contributed by atoms with Gasteiger partial charge in [0.05, 0.1) is 0 Å². The molecule has 0 aliphatic heterocycles. The van der Waals surface area contributed by atoms with Gasteiger partial charge in [-0.2, -0.15) is 0 Å². The first kappa shape index (κ1) is 30.5. The zero-order valence-electron chi connectivity index (χ0n) is 2.48. The first-order chi connectivity index (χ1) is 1.41. The van der Waals surface area contributed by atoms with Gasteiger partial charge in [0.15, 0.2) is 0 Å². The van der Waals surface area contributed by atoms with Crippen molar-refractivity contribution in [2.45, 2.75) is 0 Å². The predicted octanol–water partition coefficient (Wildman–Crippen LogP) is 0.453. The van der Waals surface area contributed by atoms with Gasteiger partial charge in [0, 0.05) is 53.3 Å². The topological polar surface area (TPSA) is 0 Å². The van der Waals surface area contributed by atoms with Crippen molar-refractivity contribution in [3.8, 4) is 0 Å². The summed E-state index contributed by atoms with van der Waals surface area (Å²) in [5.74, 6) is 0. The summed E-state index contributed by atoms with van der Waals surface area (Å²) >= 11 is 0.757. The fourth-order valence-electron chi connectivity index (χ4n) is 0. The molecule has 7 heteroatoms. The number of hydrogen-bond acceptors (Lipinski definition) is 0. The van der Waals surface area contributed by atoms with Crippen LogP contribution in [0.25, 0.3) is 0 Å². The summed E-state index contributed by atoms with van der Waals surface area (Å²) in [4.78, 5) is 0. The average molecular weight is 356 g/mol. The van der Waals surface area contributed by atoms with Crippen molar-refractivity contribution in [1.82, 2.24) is 0 Å². The van der Waals surface area contributed by atoms with E-state index in [4.69, 9.17) is 0 Å². The molecule has 7 heavy (non-hydrogen) atoms. The molecular weight excluding hydrogens is 354 g/mol. The van der Waals surface area contributed by atoms with Gasteiger partial charge >= 0.3 is 71.1 Å². The number of halogens is 2. The molecule has 0 atom stereocenters. The van der Waals surface area contributed by atoms with E-state index in [0.717, 1.165) is 13.1 Å². The minimum atomic E-state index is 0. The van der Waals surface area contributed by atoms with Gasteiger partial charge < -0.3 is 0 Å². The van der Waals surface area contributed by atoms with Gasteiger partial charge in [-0.15, -0.1) is 0 Å². The summed E-state index contributed by atoms with van der Waals surface area (Å²) in [5.41, 5.74) is 0. The SMILES string of the molecule is [CaH2].[Cl][Cu][Cl].[Co].[Mn].[Zn]. The maximum atomic E-state index is 4.67. The van der Waals surface area contributed by atoms with E-state index in [9.17, 15) is 0 Å². The van der Waals surface area contributed by atoms with E-state index < -0.39 is 0 Å². The number of rotatable bonds is 0. The van der Waals surface area contributed by atoms with E-state index in [0.29, 0.717) is 0 Å². The third kappa shape index (κ3) is 39.9. The Hall–Kier alpha value is 4.01. The van der Waals surface area contributed by atoms with Crippen molar-refractivity contribution in [2.75, 3.05) is 0 Å². The fraction of sp³-hybridized carbons (Fsp3) is 0. The van der Waals surface area contributed by atoms with Crippen LogP contribution in [0.3, 0.4) is 0 Å². The van der Waals surface area contributed by atoms with Crippen LogP contribution in [0, 0.1) is 0 Å². The van der Waals surface area contributed by atoms with Crippen LogP contribution in [0.4, 0.5) is 0 Å². The molecule has 0 amide bonds. The average Bonchev–Trinajstić information content (AvgIpc) is 0.918. The molecule has 2 radical (unpaired) electrons. The van der Waals surface area contributed by atoms with E-state index in [2.05, 4.69) is 20.2 Å². The van der Waals surface area contributed by atoms with Crippen LogP contribution in [0.1, 0.15) is 0 Å². The molecule has 0 saturated heterocycles. The summed E-state index contributed by atoms with van der Waals surface area (Å²) < 4.78 is 0. The summed E-state index contributed by atoms with van der Waals surface area (Å²) in [6.45, 7) is 0. The minimum absolute atomic E-state index is 0. The molecule has 47 valence electrons. The smallest absolute Gasteiger partial charge is 0 e. The summed E-state index contributed by atoms with van der Waals surface area (Å²) in [6.07, 6.45) is 0. The predicted molar refractivity (Wildman–Crippen MR) is 20.2 cm³/mol. The van der Waals surface area contributed by atoms with Crippen molar-refractivity contribution in [2.24, 2.45) is 0 Å². The maximum absolute atomic E-state index is 4.67. The maximum Gasteiger partial charge on any atom is 0 e. The monoisotopic (exact) mass is 353 g/mol. The van der Waals surface area contributed by atoms with E-state index >= 15 is 0 Å². The van der Waals surface area contributed by atoms with Gasteiger partial charge in [-0.1, -0.05) is 0 Å². The third-order valence-electron chi connectivity index (χ3n) is 0. The molecule has 0 aromatic rings. The Morgan fingerprint density at radius 3 is 1.14 bits per heavy atom. The second-order valence-corrected chi connectivity index (χ2v) is 1.60. The molecule has 0 rings (SSSR count). The molecule has 0 aromatic heterocycles. The van der Waals surface area contributed by atoms with Crippen LogP contribution in [-0.2, 0) is 66.5 Å². The fourth-order valence-corrected chi connectivity index (χ4v) is 0. The molecule has 0 aliphatic carbocycles. The number of hydrogen-bond donors (Lipinski definition) is 0. The van der Waals surface area contributed by atoms with E-state index in [1.807, 2.05) is 0 Å². The molecule has 0 aromatic carbocycles. The van der Waals surface area contributed by atoms with Gasteiger partial charge in [-0.25, -0.2) is 0 Å². The normalized spacial score (nSPS) is 3.14. The van der Waals surface area contributed by atoms with Crippen LogP contribution >= 0.6 is 20.2 Å². The van der Waals surface area contributed by atoms with Crippen molar-refractivity contribution in [3.63, 3.8) is 0 Å². The summed E-state index contributed by atoms with van der Waals surface area (Å²) in [7, 11) is 9.34.